The Bertz CT molecular complexity index is 709. The topological polar surface area (TPSA) is 99.2 Å². The van der Waals surface area contributed by atoms with Crippen molar-refractivity contribution in [2.45, 2.75) is 11.4 Å². The quantitative estimate of drug-likeness (QED) is 0.782. The van der Waals surface area contributed by atoms with E-state index in [1.807, 2.05) is 0 Å². The summed E-state index contributed by atoms with van der Waals surface area (Å²) in [4.78, 5) is 0.0159. The molecule has 7 nitrogen and oxygen atoms in total. The van der Waals surface area contributed by atoms with E-state index in [9.17, 15) is 8.42 Å². The lowest BCUT2D eigenvalue weighted by Crippen LogP contribution is -2.25. The maximum atomic E-state index is 12.3. The second-order valence-corrected chi connectivity index (χ2v) is 5.92. The average Bonchev–Trinajstić information content (AvgIpc) is 2.82. The van der Waals surface area contributed by atoms with Gasteiger partial charge in [0.25, 0.3) is 0 Å². The number of nitrogens with zero attached hydrogens (tertiary/aromatic N) is 2. The molecule has 0 amide bonds. The molecule has 2 aromatic rings. The molecule has 108 valence electrons. The molecule has 1 heterocycles. The molecular formula is C12H16N4O3S. The highest BCUT2D eigenvalue weighted by Gasteiger charge is 2.20. The lowest BCUT2D eigenvalue weighted by Gasteiger charge is -2.11. The standard InChI is InChI=1S/C12H16N4O3S/c1-16-10(5-6-14-16)8-15-20(17,18)12-7-9(13)3-4-11(12)19-2/h3-7,15H,8,13H2,1-2H3. The first-order valence-electron chi connectivity index (χ1n) is 5.84. The molecule has 8 heteroatoms. The molecule has 1 aromatic heterocycles. The summed E-state index contributed by atoms with van der Waals surface area (Å²) >= 11 is 0. The number of nitrogens with one attached hydrogen (secondary N) is 1. The third-order valence-corrected chi connectivity index (χ3v) is 4.27. The first-order valence-corrected chi connectivity index (χ1v) is 7.32. The van der Waals surface area contributed by atoms with E-state index in [-0.39, 0.29) is 17.2 Å². The minimum atomic E-state index is -3.71. The average molecular weight is 296 g/mol. The number of hydrogen-bond acceptors (Lipinski definition) is 5. The predicted octanol–water partition coefficient (Wildman–Crippen LogP) is 0.489. The smallest absolute Gasteiger partial charge is 0.244 e. The summed E-state index contributed by atoms with van der Waals surface area (Å²) in [6.07, 6.45) is 1.60. The van der Waals surface area contributed by atoms with E-state index in [1.54, 1.807) is 30.1 Å². The van der Waals surface area contributed by atoms with Crippen LogP contribution in [0.25, 0.3) is 0 Å². The van der Waals surface area contributed by atoms with Crippen LogP contribution in [0.1, 0.15) is 5.69 Å². The highest BCUT2D eigenvalue weighted by Crippen LogP contribution is 2.25. The second-order valence-electron chi connectivity index (χ2n) is 4.18. The number of aromatic nitrogens is 2. The van der Waals surface area contributed by atoms with Crippen molar-refractivity contribution < 1.29 is 13.2 Å². The van der Waals surface area contributed by atoms with Crippen molar-refractivity contribution in [3.05, 3.63) is 36.2 Å². The maximum Gasteiger partial charge on any atom is 0.244 e. The van der Waals surface area contributed by atoms with Crippen LogP contribution in [0.5, 0.6) is 5.75 Å². The Morgan fingerprint density at radius 3 is 2.75 bits per heavy atom. The molecular weight excluding hydrogens is 280 g/mol. The van der Waals surface area contributed by atoms with Gasteiger partial charge < -0.3 is 10.5 Å². The molecule has 0 saturated carbocycles. The largest absolute Gasteiger partial charge is 0.495 e. The zero-order valence-corrected chi connectivity index (χ0v) is 12.0. The molecule has 2 rings (SSSR count). The number of methoxy groups -OCH3 is 1. The molecule has 0 spiro atoms. The number of rotatable bonds is 5. The molecule has 1 aromatic carbocycles. The van der Waals surface area contributed by atoms with Crippen molar-refractivity contribution in [2.75, 3.05) is 12.8 Å². The molecule has 0 fully saturated rings. The van der Waals surface area contributed by atoms with Crippen LogP contribution in [-0.4, -0.2) is 25.3 Å². The number of nitrogen functional groups attached to an aromatic ring is 1. The molecule has 0 aliphatic heterocycles. The molecule has 0 aliphatic carbocycles. The van der Waals surface area contributed by atoms with Crippen molar-refractivity contribution >= 4 is 15.7 Å². The van der Waals surface area contributed by atoms with Gasteiger partial charge in [-0.25, -0.2) is 13.1 Å². The Hall–Kier alpha value is -2.06. The van der Waals surface area contributed by atoms with Crippen LogP contribution in [0, 0.1) is 0 Å². The van der Waals surface area contributed by atoms with Gasteiger partial charge in [-0.3, -0.25) is 4.68 Å². The number of nitrogens with two attached hydrogens (primary N) is 1. The summed E-state index contributed by atoms with van der Waals surface area (Å²) in [6.45, 7) is 0.136. The van der Waals surface area contributed by atoms with Crippen LogP contribution in [0.15, 0.2) is 35.4 Å². The van der Waals surface area contributed by atoms with Gasteiger partial charge in [-0.2, -0.15) is 5.10 Å². The SMILES string of the molecule is COc1ccc(N)cc1S(=O)(=O)NCc1ccnn1C. The number of benzene rings is 1. The van der Waals surface area contributed by atoms with Gasteiger partial charge in [-0.05, 0) is 24.3 Å². The lowest BCUT2D eigenvalue weighted by molar-refractivity contribution is 0.402. The summed E-state index contributed by atoms with van der Waals surface area (Å²) in [6, 6.07) is 6.20. The fourth-order valence-electron chi connectivity index (χ4n) is 1.72. The second kappa shape index (κ2) is 5.51. The van der Waals surface area contributed by atoms with Crippen LogP contribution in [0.3, 0.4) is 0 Å². The molecule has 0 atom stereocenters. The summed E-state index contributed by atoms with van der Waals surface area (Å²) in [7, 11) is -0.565. The third kappa shape index (κ3) is 2.91. The van der Waals surface area contributed by atoms with Crippen molar-refractivity contribution in [1.82, 2.24) is 14.5 Å². The number of aryl methyl sites for hydroxylation is 1. The lowest BCUT2D eigenvalue weighted by atomic mass is 10.3. The van der Waals surface area contributed by atoms with Gasteiger partial charge in [-0.15, -0.1) is 0 Å². The molecule has 0 unspecified atom stereocenters. The van der Waals surface area contributed by atoms with Gasteiger partial charge in [0.2, 0.25) is 10.0 Å². The monoisotopic (exact) mass is 296 g/mol. The van der Waals surface area contributed by atoms with E-state index in [0.29, 0.717) is 5.69 Å². The maximum absolute atomic E-state index is 12.3. The molecule has 0 aliphatic rings. The Labute approximate surface area is 117 Å². The Morgan fingerprint density at radius 2 is 2.15 bits per heavy atom. The van der Waals surface area contributed by atoms with Crippen LogP contribution in [0.4, 0.5) is 5.69 Å². The zero-order chi connectivity index (χ0) is 14.8. The molecule has 20 heavy (non-hydrogen) atoms. The van der Waals surface area contributed by atoms with Crippen molar-refractivity contribution in [3.8, 4) is 5.75 Å². The van der Waals surface area contributed by atoms with Crippen LogP contribution < -0.4 is 15.2 Å². The van der Waals surface area contributed by atoms with Crippen molar-refractivity contribution in [3.63, 3.8) is 0 Å². The Kier molecular flexibility index (Phi) is 3.96. The predicted molar refractivity (Wildman–Crippen MR) is 74.6 cm³/mol. The first kappa shape index (κ1) is 14.4. The number of ether oxygens (including phenoxy) is 1. The van der Waals surface area contributed by atoms with Gasteiger partial charge in [0.15, 0.2) is 0 Å². The van der Waals surface area contributed by atoms with E-state index in [2.05, 4.69) is 9.82 Å². The normalized spacial score (nSPS) is 11.5. The highest BCUT2D eigenvalue weighted by atomic mass is 32.2. The molecule has 0 radical (unpaired) electrons. The fourth-order valence-corrected chi connectivity index (χ4v) is 2.93. The third-order valence-electron chi connectivity index (χ3n) is 2.84. The van der Waals surface area contributed by atoms with E-state index >= 15 is 0 Å². The summed E-state index contributed by atoms with van der Waals surface area (Å²) in [5.74, 6) is 0.247. The van der Waals surface area contributed by atoms with Gasteiger partial charge in [0.1, 0.15) is 10.6 Å². The summed E-state index contributed by atoms with van der Waals surface area (Å²) < 4.78 is 33.7. The number of sulfonamides is 1. The van der Waals surface area contributed by atoms with E-state index < -0.39 is 10.0 Å². The van der Waals surface area contributed by atoms with Crippen molar-refractivity contribution in [1.29, 1.82) is 0 Å². The van der Waals surface area contributed by atoms with Crippen LogP contribution in [0.2, 0.25) is 0 Å². The van der Waals surface area contributed by atoms with E-state index in [0.717, 1.165) is 5.69 Å². The summed E-state index contributed by atoms with van der Waals surface area (Å²) in [5, 5.41) is 3.98. The minimum Gasteiger partial charge on any atom is -0.495 e. The van der Waals surface area contributed by atoms with E-state index in [1.165, 1.54) is 19.2 Å². The van der Waals surface area contributed by atoms with E-state index in [4.69, 9.17) is 10.5 Å². The number of anilines is 1. The van der Waals surface area contributed by atoms with Crippen LogP contribution in [-0.2, 0) is 23.6 Å². The van der Waals surface area contributed by atoms with Gasteiger partial charge >= 0.3 is 0 Å². The van der Waals surface area contributed by atoms with Gasteiger partial charge in [0, 0.05) is 18.9 Å². The van der Waals surface area contributed by atoms with Crippen LogP contribution >= 0.6 is 0 Å². The van der Waals surface area contributed by atoms with Crippen molar-refractivity contribution in [2.24, 2.45) is 7.05 Å². The Morgan fingerprint density at radius 1 is 1.40 bits per heavy atom. The minimum absolute atomic E-state index is 0.0159. The molecule has 0 saturated heterocycles. The Balaban J connectivity index is 2.26. The molecule has 3 N–H and O–H groups in total. The molecule has 0 bridgehead atoms. The number of hydrogen-bond donors (Lipinski definition) is 2. The zero-order valence-electron chi connectivity index (χ0n) is 11.2. The first-order chi connectivity index (χ1) is 9.44. The summed E-state index contributed by atoms with van der Waals surface area (Å²) in [5.41, 5.74) is 6.73. The van der Waals surface area contributed by atoms with Gasteiger partial charge in [0.05, 0.1) is 19.3 Å². The fraction of sp³-hybridized carbons (Fsp3) is 0.250. The highest BCUT2D eigenvalue weighted by molar-refractivity contribution is 7.89. The van der Waals surface area contributed by atoms with Gasteiger partial charge in [-0.1, -0.05) is 0 Å².